The number of thiazole rings is 1. The van der Waals surface area contributed by atoms with E-state index in [1.807, 2.05) is 23.1 Å². The molecular formula is C20H26N4O3S. The number of carbonyl (C=O) groups excluding carboxylic acids is 2. The minimum Gasteiger partial charge on any atom is -0.368 e. The fourth-order valence-electron chi connectivity index (χ4n) is 3.58. The predicted octanol–water partition coefficient (Wildman–Crippen LogP) is 3.27. The second kappa shape index (κ2) is 8.05. The normalized spacial score (nSPS) is 20.2. The van der Waals surface area contributed by atoms with Crippen LogP contribution >= 0.6 is 11.3 Å². The molecule has 0 radical (unpaired) electrons. The summed E-state index contributed by atoms with van der Waals surface area (Å²) in [6.45, 7) is 7.10. The molecule has 8 heteroatoms. The van der Waals surface area contributed by atoms with Gasteiger partial charge >= 0.3 is 6.03 Å². The monoisotopic (exact) mass is 402 g/mol. The van der Waals surface area contributed by atoms with E-state index in [9.17, 15) is 9.59 Å². The second-order valence-electron chi connectivity index (χ2n) is 7.63. The standard InChI is InChI=1S/C20H26N4O3S/c1-13(2)18-22-15-6-5-14(12-17(15)28-18)21-20(26)24-9-7-23(8-10-24)19(25)16-4-3-11-27-16/h5-6,12-13,16H,3-4,7-11H2,1-2H3,(H,21,26). The molecule has 1 unspecified atom stereocenters. The van der Waals surface area contributed by atoms with Crippen LogP contribution < -0.4 is 5.32 Å². The number of hydrogen-bond acceptors (Lipinski definition) is 5. The molecule has 150 valence electrons. The van der Waals surface area contributed by atoms with Gasteiger partial charge in [0.25, 0.3) is 5.91 Å². The van der Waals surface area contributed by atoms with Gasteiger partial charge in [-0.15, -0.1) is 11.3 Å². The molecule has 0 saturated carbocycles. The molecule has 4 rings (SSSR count). The van der Waals surface area contributed by atoms with Gasteiger partial charge in [0, 0.05) is 44.4 Å². The van der Waals surface area contributed by atoms with Crippen LogP contribution in [0.3, 0.4) is 0 Å². The summed E-state index contributed by atoms with van der Waals surface area (Å²) in [5, 5.41) is 4.08. The van der Waals surface area contributed by atoms with Crippen LogP contribution in [0.4, 0.5) is 10.5 Å². The maximum absolute atomic E-state index is 12.6. The zero-order chi connectivity index (χ0) is 19.7. The van der Waals surface area contributed by atoms with Crippen molar-refractivity contribution in [2.75, 3.05) is 38.1 Å². The van der Waals surface area contributed by atoms with Crippen molar-refractivity contribution in [3.8, 4) is 0 Å². The van der Waals surface area contributed by atoms with Gasteiger partial charge in [-0.2, -0.15) is 0 Å². The van der Waals surface area contributed by atoms with Gasteiger partial charge in [-0.25, -0.2) is 9.78 Å². The van der Waals surface area contributed by atoms with E-state index in [1.165, 1.54) is 0 Å². The van der Waals surface area contributed by atoms with E-state index in [4.69, 9.17) is 4.74 Å². The Hall–Kier alpha value is -2.19. The van der Waals surface area contributed by atoms with Crippen molar-refractivity contribution in [1.82, 2.24) is 14.8 Å². The van der Waals surface area contributed by atoms with Gasteiger partial charge in [-0.3, -0.25) is 4.79 Å². The highest BCUT2D eigenvalue weighted by atomic mass is 32.1. The number of anilines is 1. The minimum atomic E-state index is -0.290. The third kappa shape index (κ3) is 3.98. The fourth-order valence-corrected chi connectivity index (χ4v) is 4.58. The number of piperazine rings is 1. The number of nitrogens with one attached hydrogen (secondary N) is 1. The summed E-state index contributed by atoms with van der Waals surface area (Å²) >= 11 is 1.67. The maximum atomic E-state index is 12.6. The van der Waals surface area contributed by atoms with E-state index in [2.05, 4.69) is 24.1 Å². The summed E-state index contributed by atoms with van der Waals surface area (Å²) in [4.78, 5) is 33.2. The van der Waals surface area contributed by atoms with E-state index in [0.29, 0.717) is 38.7 Å². The Morgan fingerprint density at radius 1 is 1.21 bits per heavy atom. The van der Waals surface area contributed by atoms with Crippen LogP contribution in [0.1, 0.15) is 37.6 Å². The van der Waals surface area contributed by atoms with Crippen LogP contribution in [0, 0.1) is 0 Å². The van der Waals surface area contributed by atoms with Gasteiger partial charge in [-0.1, -0.05) is 13.8 Å². The molecule has 2 aromatic rings. The van der Waals surface area contributed by atoms with Gasteiger partial charge < -0.3 is 19.9 Å². The van der Waals surface area contributed by atoms with Crippen molar-refractivity contribution < 1.29 is 14.3 Å². The number of fused-ring (bicyclic) bond motifs is 1. The van der Waals surface area contributed by atoms with Crippen LogP contribution in [0.25, 0.3) is 10.2 Å². The number of amides is 3. The number of hydrogen-bond donors (Lipinski definition) is 1. The molecule has 2 fully saturated rings. The second-order valence-corrected chi connectivity index (χ2v) is 8.70. The number of urea groups is 1. The smallest absolute Gasteiger partial charge is 0.321 e. The van der Waals surface area contributed by atoms with Gasteiger partial charge in [-0.05, 0) is 31.0 Å². The van der Waals surface area contributed by atoms with Gasteiger partial charge in [0.1, 0.15) is 6.10 Å². The number of rotatable bonds is 3. The summed E-state index contributed by atoms with van der Waals surface area (Å²) in [5.41, 5.74) is 1.74. The van der Waals surface area contributed by atoms with Crippen LogP contribution in [0.15, 0.2) is 18.2 Å². The first-order chi connectivity index (χ1) is 13.5. The van der Waals surface area contributed by atoms with E-state index in [1.54, 1.807) is 16.2 Å². The Kier molecular flexibility index (Phi) is 5.50. The van der Waals surface area contributed by atoms with Crippen LogP contribution in [0.5, 0.6) is 0 Å². The van der Waals surface area contributed by atoms with Gasteiger partial charge in [0.2, 0.25) is 0 Å². The number of nitrogens with zero attached hydrogens (tertiary/aromatic N) is 3. The van der Waals surface area contributed by atoms with Crippen LogP contribution in [-0.4, -0.2) is 65.6 Å². The molecule has 28 heavy (non-hydrogen) atoms. The summed E-state index contributed by atoms with van der Waals surface area (Å²) in [7, 11) is 0. The SMILES string of the molecule is CC(C)c1nc2ccc(NC(=O)N3CCN(C(=O)C4CCCO4)CC3)cc2s1. The summed E-state index contributed by atoms with van der Waals surface area (Å²) in [6, 6.07) is 5.69. The largest absolute Gasteiger partial charge is 0.368 e. The molecule has 1 atom stereocenters. The Morgan fingerprint density at radius 2 is 1.96 bits per heavy atom. The minimum absolute atomic E-state index is 0.0640. The molecule has 1 aromatic carbocycles. The number of aromatic nitrogens is 1. The maximum Gasteiger partial charge on any atom is 0.321 e. The zero-order valence-electron chi connectivity index (χ0n) is 16.3. The topological polar surface area (TPSA) is 74.8 Å². The highest BCUT2D eigenvalue weighted by Gasteiger charge is 2.31. The summed E-state index contributed by atoms with van der Waals surface area (Å²) in [5.74, 6) is 0.457. The number of carbonyl (C=O) groups is 2. The lowest BCUT2D eigenvalue weighted by atomic mass is 10.2. The molecule has 1 aromatic heterocycles. The Balaban J connectivity index is 1.34. The summed E-state index contributed by atoms with van der Waals surface area (Å²) in [6.07, 6.45) is 1.46. The molecule has 0 spiro atoms. The van der Waals surface area contributed by atoms with E-state index in [-0.39, 0.29) is 18.0 Å². The van der Waals surface area contributed by atoms with Gasteiger partial charge in [0.05, 0.1) is 15.2 Å². The van der Waals surface area contributed by atoms with Crippen LogP contribution in [0.2, 0.25) is 0 Å². The first-order valence-corrected chi connectivity index (χ1v) is 10.7. The average Bonchev–Trinajstić information content (AvgIpc) is 3.37. The molecule has 3 amide bonds. The van der Waals surface area contributed by atoms with Crippen molar-refractivity contribution in [3.05, 3.63) is 23.2 Å². The fraction of sp³-hybridized carbons (Fsp3) is 0.550. The van der Waals surface area contributed by atoms with E-state index < -0.39 is 0 Å². The molecular weight excluding hydrogens is 376 g/mol. The van der Waals surface area contributed by atoms with Crippen molar-refractivity contribution in [1.29, 1.82) is 0 Å². The molecule has 2 aliphatic rings. The van der Waals surface area contributed by atoms with Crippen molar-refractivity contribution in [3.63, 3.8) is 0 Å². The average molecular weight is 403 g/mol. The van der Waals surface area contributed by atoms with E-state index in [0.717, 1.165) is 33.8 Å². The lowest BCUT2D eigenvalue weighted by Gasteiger charge is -2.35. The summed E-state index contributed by atoms with van der Waals surface area (Å²) < 4.78 is 6.56. The number of ether oxygens (including phenoxy) is 1. The number of benzene rings is 1. The van der Waals surface area contributed by atoms with Crippen molar-refractivity contribution in [2.45, 2.75) is 38.7 Å². The highest BCUT2D eigenvalue weighted by molar-refractivity contribution is 7.18. The van der Waals surface area contributed by atoms with Crippen molar-refractivity contribution in [2.24, 2.45) is 0 Å². The first kappa shape index (κ1) is 19.1. The third-order valence-corrected chi connectivity index (χ3v) is 6.55. The quantitative estimate of drug-likeness (QED) is 0.855. The molecule has 7 nitrogen and oxygen atoms in total. The highest BCUT2D eigenvalue weighted by Crippen LogP contribution is 2.29. The molecule has 3 heterocycles. The third-order valence-electron chi connectivity index (χ3n) is 5.23. The Labute approximate surface area is 168 Å². The Morgan fingerprint density at radius 3 is 2.64 bits per heavy atom. The van der Waals surface area contributed by atoms with E-state index >= 15 is 0 Å². The predicted molar refractivity (Wildman–Crippen MR) is 110 cm³/mol. The Bertz CT molecular complexity index is 867. The molecule has 2 saturated heterocycles. The zero-order valence-corrected chi connectivity index (χ0v) is 17.1. The molecule has 0 aliphatic carbocycles. The lowest BCUT2D eigenvalue weighted by Crippen LogP contribution is -2.53. The van der Waals surface area contributed by atoms with Gasteiger partial charge in [0.15, 0.2) is 0 Å². The first-order valence-electron chi connectivity index (χ1n) is 9.88. The molecule has 2 aliphatic heterocycles. The molecule has 0 bridgehead atoms. The lowest BCUT2D eigenvalue weighted by molar-refractivity contribution is -0.142. The van der Waals surface area contributed by atoms with Crippen molar-refractivity contribution >= 4 is 39.2 Å². The molecule has 1 N–H and O–H groups in total. The van der Waals surface area contributed by atoms with Crippen LogP contribution in [-0.2, 0) is 9.53 Å².